The number of halogens is 3. The maximum absolute atomic E-state index is 14.9. The van der Waals surface area contributed by atoms with E-state index in [4.69, 9.17) is 17.3 Å². The van der Waals surface area contributed by atoms with E-state index in [9.17, 15) is 14.3 Å². The van der Waals surface area contributed by atoms with Gasteiger partial charge >= 0.3 is 5.97 Å². The lowest BCUT2D eigenvalue weighted by Gasteiger charge is -2.15. The van der Waals surface area contributed by atoms with Crippen LogP contribution in [0, 0.1) is 5.82 Å². The van der Waals surface area contributed by atoms with Crippen LogP contribution in [0.25, 0.3) is 0 Å². The summed E-state index contributed by atoms with van der Waals surface area (Å²) in [5, 5.41) is 12.4. The molecule has 0 aromatic heterocycles. The molecule has 2 aromatic rings. The highest BCUT2D eigenvalue weighted by atomic mass is 79.9. The minimum absolute atomic E-state index is 0.0829. The van der Waals surface area contributed by atoms with Gasteiger partial charge in [-0.3, -0.25) is 0 Å². The van der Waals surface area contributed by atoms with Crippen LogP contribution in [0.3, 0.4) is 0 Å². The fourth-order valence-electron chi connectivity index (χ4n) is 1.98. The fraction of sp³-hybridized carbons (Fsp3) is 0.125. The molecule has 2 aromatic carbocycles. The van der Waals surface area contributed by atoms with Crippen molar-refractivity contribution in [3.05, 3.63) is 45.1 Å². The van der Waals surface area contributed by atoms with Crippen molar-refractivity contribution in [3.8, 4) is 0 Å². The van der Waals surface area contributed by atoms with Crippen molar-refractivity contribution in [2.24, 2.45) is 4.99 Å². The molecule has 0 heterocycles. The van der Waals surface area contributed by atoms with E-state index in [1.54, 1.807) is 37.2 Å². The van der Waals surface area contributed by atoms with E-state index in [0.29, 0.717) is 10.7 Å². The smallest absolute Gasteiger partial charge is 0.338 e. The summed E-state index contributed by atoms with van der Waals surface area (Å²) < 4.78 is 15.6. The zero-order chi connectivity index (χ0) is 18.7. The highest BCUT2D eigenvalue weighted by molar-refractivity contribution is 9.10. The Morgan fingerprint density at radius 3 is 2.68 bits per heavy atom. The van der Waals surface area contributed by atoms with Crippen molar-refractivity contribution in [2.45, 2.75) is 0 Å². The molecule has 0 saturated carbocycles. The SMILES string of the molecule is CN(C)C=Nc1c(N)cc(C(=O)O)c(Nc2ccc(Br)cc2Cl)c1F. The van der Waals surface area contributed by atoms with Crippen LogP contribution in [0.15, 0.2) is 33.7 Å². The number of hydrogen-bond acceptors (Lipinski definition) is 4. The van der Waals surface area contributed by atoms with Crippen molar-refractivity contribution >= 4 is 62.6 Å². The van der Waals surface area contributed by atoms with Gasteiger partial charge in [0.2, 0.25) is 0 Å². The minimum atomic E-state index is -1.33. The average Bonchev–Trinajstić information content (AvgIpc) is 2.51. The summed E-state index contributed by atoms with van der Waals surface area (Å²) in [6, 6.07) is 6.04. The van der Waals surface area contributed by atoms with Gasteiger partial charge < -0.3 is 21.1 Å². The molecular formula is C16H15BrClFN4O2. The Kier molecular flexibility index (Phi) is 5.86. The summed E-state index contributed by atoms with van der Waals surface area (Å²) in [4.78, 5) is 17.1. The summed E-state index contributed by atoms with van der Waals surface area (Å²) in [5.41, 5.74) is 5.28. The van der Waals surface area contributed by atoms with Gasteiger partial charge in [0.15, 0.2) is 5.82 Å². The van der Waals surface area contributed by atoms with E-state index in [1.165, 1.54) is 6.34 Å². The first-order valence-corrected chi connectivity index (χ1v) is 8.15. The molecular weight excluding hydrogens is 415 g/mol. The zero-order valence-electron chi connectivity index (χ0n) is 13.3. The van der Waals surface area contributed by atoms with E-state index in [2.05, 4.69) is 26.2 Å². The van der Waals surface area contributed by atoms with E-state index >= 15 is 0 Å². The topological polar surface area (TPSA) is 91.0 Å². The molecule has 2 rings (SSSR count). The van der Waals surface area contributed by atoms with Gasteiger partial charge in [-0.05, 0) is 24.3 Å². The second-order valence-corrected chi connectivity index (χ2v) is 6.64. The molecule has 6 nitrogen and oxygen atoms in total. The molecule has 0 aliphatic rings. The van der Waals surface area contributed by atoms with Gasteiger partial charge in [0.25, 0.3) is 0 Å². The molecule has 132 valence electrons. The molecule has 0 amide bonds. The number of nitrogens with zero attached hydrogens (tertiary/aromatic N) is 2. The molecule has 0 atom stereocenters. The van der Waals surface area contributed by atoms with Gasteiger partial charge in [-0.15, -0.1) is 0 Å². The Labute approximate surface area is 157 Å². The standard InChI is InChI=1S/C16H15BrClFN4O2/c1-23(2)7-21-15-11(20)6-9(16(24)25)14(13(15)19)22-12-4-3-8(17)5-10(12)18/h3-7,22H,20H2,1-2H3,(H,24,25). The molecule has 0 aliphatic heterocycles. The van der Waals surface area contributed by atoms with Crippen LogP contribution in [0.4, 0.5) is 27.1 Å². The number of nitrogens with one attached hydrogen (secondary N) is 1. The minimum Gasteiger partial charge on any atom is -0.478 e. The lowest BCUT2D eigenvalue weighted by molar-refractivity contribution is 0.0697. The normalized spacial score (nSPS) is 10.9. The van der Waals surface area contributed by atoms with Crippen molar-refractivity contribution in [1.82, 2.24) is 4.90 Å². The van der Waals surface area contributed by atoms with E-state index < -0.39 is 11.8 Å². The van der Waals surface area contributed by atoms with Gasteiger partial charge in [0.1, 0.15) is 5.69 Å². The summed E-state index contributed by atoms with van der Waals surface area (Å²) in [7, 11) is 3.42. The van der Waals surface area contributed by atoms with Crippen molar-refractivity contribution in [3.63, 3.8) is 0 Å². The maximum atomic E-state index is 14.9. The number of aliphatic imine (C=N–C) groups is 1. The fourth-order valence-corrected chi connectivity index (χ4v) is 2.70. The lowest BCUT2D eigenvalue weighted by Crippen LogP contribution is -2.09. The highest BCUT2D eigenvalue weighted by Gasteiger charge is 2.21. The van der Waals surface area contributed by atoms with Gasteiger partial charge in [0.05, 0.1) is 34.0 Å². The van der Waals surface area contributed by atoms with Crippen molar-refractivity contribution in [2.75, 3.05) is 25.1 Å². The number of carboxylic acid groups (broad SMARTS) is 1. The number of nitrogen functional groups attached to an aromatic ring is 1. The summed E-state index contributed by atoms with van der Waals surface area (Å²) in [6.45, 7) is 0. The number of anilines is 3. The number of hydrogen-bond donors (Lipinski definition) is 3. The van der Waals surface area contributed by atoms with Crippen molar-refractivity contribution in [1.29, 1.82) is 0 Å². The Morgan fingerprint density at radius 1 is 1.44 bits per heavy atom. The lowest BCUT2D eigenvalue weighted by atomic mass is 10.1. The highest BCUT2D eigenvalue weighted by Crippen LogP contribution is 2.38. The number of rotatable bonds is 5. The Hall–Kier alpha value is -2.32. The molecule has 0 bridgehead atoms. The molecule has 0 radical (unpaired) electrons. The first-order valence-electron chi connectivity index (χ1n) is 6.98. The van der Waals surface area contributed by atoms with Gasteiger partial charge in [-0.2, -0.15) is 0 Å². The molecule has 0 saturated heterocycles. The van der Waals surface area contributed by atoms with E-state index in [-0.39, 0.29) is 22.6 Å². The number of carbonyl (C=O) groups is 1. The van der Waals surface area contributed by atoms with Crippen LogP contribution in [-0.4, -0.2) is 36.4 Å². The number of nitrogens with two attached hydrogens (primary N) is 1. The van der Waals surface area contributed by atoms with Crippen LogP contribution in [-0.2, 0) is 0 Å². The molecule has 0 aliphatic carbocycles. The average molecular weight is 430 g/mol. The second-order valence-electron chi connectivity index (χ2n) is 5.31. The van der Waals surface area contributed by atoms with Crippen molar-refractivity contribution < 1.29 is 14.3 Å². The van der Waals surface area contributed by atoms with Crippen LogP contribution >= 0.6 is 27.5 Å². The monoisotopic (exact) mass is 428 g/mol. The van der Waals surface area contributed by atoms with Crippen LogP contribution < -0.4 is 11.1 Å². The van der Waals surface area contributed by atoms with Crippen LogP contribution in [0.5, 0.6) is 0 Å². The third-order valence-corrected chi connectivity index (χ3v) is 3.91. The first kappa shape index (κ1) is 19.0. The third-order valence-electron chi connectivity index (χ3n) is 3.11. The predicted molar refractivity (Wildman–Crippen MR) is 102 cm³/mol. The number of aromatic carboxylic acids is 1. The summed E-state index contributed by atoms with van der Waals surface area (Å²) in [6.07, 6.45) is 1.37. The third kappa shape index (κ3) is 4.40. The largest absolute Gasteiger partial charge is 0.478 e. The first-order chi connectivity index (χ1) is 11.7. The van der Waals surface area contributed by atoms with Crippen LogP contribution in [0.2, 0.25) is 5.02 Å². The Balaban J connectivity index is 2.61. The van der Waals surface area contributed by atoms with E-state index in [0.717, 1.165) is 10.5 Å². The Morgan fingerprint density at radius 2 is 2.12 bits per heavy atom. The van der Waals surface area contributed by atoms with Crippen LogP contribution in [0.1, 0.15) is 10.4 Å². The molecule has 0 unspecified atom stereocenters. The second kappa shape index (κ2) is 7.71. The molecule has 25 heavy (non-hydrogen) atoms. The zero-order valence-corrected chi connectivity index (χ0v) is 15.7. The number of benzene rings is 2. The molecule has 9 heteroatoms. The maximum Gasteiger partial charge on any atom is 0.338 e. The van der Waals surface area contributed by atoms with Gasteiger partial charge in [0, 0.05) is 18.6 Å². The van der Waals surface area contributed by atoms with Gasteiger partial charge in [-0.1, -0.05) is 27.5 Å². The molecule has 0 spiro atoms. The van der Waals surface area contributed by atoms with Gasteiger partial charge in [-0.25, -0.2) is 14.2 Å². The molecule has 4 N–H and O–H groups in total. The summed E-state index contributed by atoms with van der Waals surface area (Å²) >= 11 is 9.38. The number of carboxylic acids is 1. The quantitative estimate of drug-likeness (QED) is 0.370. The Bertz CT molecular complexity index is 859. The van der Waals surface area contributed by atoms with E-state index in [1.807, 2.05) is 0 Å². The predicted octanol–water partition coefficient (Wildman–Crippen LogP) is 4.49. The summed E-state index contributed by atoms with van der Waals surface area (Å²) in [5.74, 6) is -2.21. The molecule has 0 fully saturated rings.